The van der Waals surface area contributed by atoms with Crippen LogP contribution in [-0.2, 0) is 25.9 Å². The molecular weight excluding hydrogens is 244 g/mol. The zero-order chi connectivity index (χ0) is 13.9. The number of rotatable bonds is 9. The maximum Gasteiger partial charge on any atom is 0.355 e. The van der Waals surface area contributed by atoms with Crippen molar-refractivity contribution in [1.29, 1.82) is 0 Å². The van der Waals surface area contributed by atoms with Crippen LogP contribution in [0.5, 0.6) is 0 Å². The second-order valence-electron chi connectivity index (χ2n) is 4.39. The summed E-state index contributed by atoms with van der Waals surface area (Å²) in [6, 6.07) is 9.98. The average Bonchev–Trinajstić information content (AvgIpc) is 2.39. The van der Waals surface area contributed by atoms with Crippen molar-refractivity contribution in [1.82, 2.24) is 0 Å². The van der Waals surface area contributed by atoms with Crippen molar-refractivity contribution < 1.29 is 19.4 Å². The smallest absolute Gasteiger partial charge is 0.355 e. The molecule has 4 nitrogen and oxygen atoms in total. The molecule has 1 aromatic rings. The van der Waals surface area contributed by atoms with E-state index in [1.54, 1.807) is 0 Å². The summed E-state index contributed by atoms with van der Waals surface area (Å²) in [6.07, 6.45) is 3.10. The van der Waals surface area contributed by atoms with Crippen molar-refractivity contribution in [2.75, 3.05) is 6.61 Å². The first-order valence-electron chi connectivity index (χ1n) is 6.58. The van der Waals surface area contributed by atoms with Crippen molar-refractivity contribution in [2.24, 2.45) is 0 Å². The van der Waals surface area contributed by atoms with Crippen molar-refractivity contribution in [2.45, 2.75) is 38.5 Å². The van der Waals surface area contributed by atoms with Gasteiger partial charge < -0.3 is 4.74 Å². The molecule has 0 fully saturated rings. The molecule has 0 saturated carbocycles. The lowest BCUT2D eigenvalue weighted by molar-refractivity contribution is -0.144. The number of ether oxygens (including phenoxy) is 1. The molecule has 0 aromatic heterocycles. The van der Waals surface area contributed by atoms with Gasteiger partial charge >= 0.3 is 11.9 Å². The van der Waals surface area contributed by atoms with Crippen molar-refractivity contribution in [3.05, 3.63) is 35.9 Å². The number of hydrogen-bond acceptors (Lipinski definition) is 3. The highest BCUT2D eigenvalue weighted by Gasteiger charge is 2.04. The number of benzene rings is 1. The summed E-state index contributed by atoms with van der Waals surface area (Å²) in [5, 5.41) is 10.2. The lowest BCUT2D eigenvalue weighted by Gasteiger charge is -2.04. The van der Waals surface area contributed by atoms with E-state index in [9.17, 15) is 14.7 Å². The molecule has 103 valence electrons. The Bertz CT molecular complexity index is 386. The molecule has 0 aliphatic carbocycles. The van der Waals surface area contributed by atoms with Gasteiger partial charge in [0.05, 0.1) is 13.0 Å². The van der Waals surface area contributed by atoms with Crippen LogP contribution in [0.4, 0.5) is 0 Å². The fraction of sp³-hybridized carbons (Fsp3) is 0.467. The molecule has 1 radical (unpaired) electrons. The third-order valence-electron chi connectivity index (χ3n) is 2.73. The average molecular weight is 263 g/mol. The van der Waals surface area contributed by atoms with Gasteiger partial charge in [0.25, 0.3) is 0 Å². The predicted octanol–water partition coefficient (Wildman–Crippen LogP) is 2.68. The standard InChI is InChI=1S/C15H19O4/c16-14(17)10-4-5-12-19-15(18)11-6-9-13-7-2-1-3-8-13/h1-3,7-8H,4-6,9-12H2. The molecule has 4 heteroatoms. The summed E-state index contributed by atoms with van der Waals surface area (Å²) in [6.45, 7) is 0.289. The highest BCUT2D eigenvalue weighted by atomic mass is 16.5. The summed E-state index contributed by atoms with van der Waals surface area (Å²) in [5.74, 6) is -1.28. The van der Waals surface area contributed by atoms with Crippen LogP contribution in [0.25, 0.3) is 0 Å². The molecule has 19 heavy (non-hydrogen) atoms. The molecule has 0 bridgehead atoms. The Morgan fingerprint density at radius 1 is 0.947 bits per heavy atom. The van der Waals surface area contributed by atoms with Crippen LogP contribution in [0.1, 0.15) is 37.7 Å². The minimum Gasteiger partial charge on any atom is -0.466 e. The second kappa shape index (κ2) is 9.14. The second-order valence-corrected chi connectivity index (χ2v) is 4.39. The number of aryl methyl sites for hydroxylation is 1. The third kappa shape index (κ3) is 7.97. The number of carbonyl (C=O) groups is 2. The van der Waals surface area contributed by atoms with Crippen molar-refractivity contribution in [3.63, 3.8) is 0 Å². The number of esters is 1. The van der Waals surface area contributed by atoms with E-state index in [4.69, 9.17) is 4.74 Å². The fourth-order valence-electron chi connectivity index (χ4n) is 1.71. The minimum absolute atomic E-state index is 0.0194. The van der Waals surface area contributed by atoms with Gasteiger partial charge in [-0.15, -0.1) is 0 Å². The monoisotopic (exact) mass is 263 g/mol. The Kier molecular flexibility index (Phi) is 7.32. The van der Waals surface area contributed by atoms with Gasteiger partial charge in [0, 0.05) is 6.42 Å². The number of carbonyl (C=O) groups excluding carboxylic acids is 2. The first kappa shape index (κ1) is 15.2. The molecule has 0 amide bonds. The normalized spacial score (nSPS) is 10.1. The molecule has 0 atom stereocenters. The van der Waals surface area contributed by atoms with Gasteiger partial charge in [0.15, 0.2) is 0 Å². The van der Waals surface area contributed by atoms with E-state index in [2.05, 4.69) is 0 Å². The first-order chi connectivity index (χ1) is 9.18. The van der Waals surface area contributed by atoms with Gasteiger partial charge in [-0.05, 0) is 31.2 Å². The summed E-state index contributed by atoms with van der Waals surface area (Å²) < 4.78 is 5.01. The van der Waals surface area contributed by atoms with E-state index >= 15 is 0 Å². The Morgan fingerprint density at radius 2 is 1.68 bits per heavy atom. The Labute approximate surface area is 113 Å². The summed E-state index contributed by atoms with van der Waals surface area (Å²) in [4.78, 5) is 21.5. The van der Waals surface area contributed by atoms with Crippen LogP contribution in [0.2, 0.25) is 0 Å². The van der Waals surface area contributed by atoms with Gasteiger partial charge in [0.2, 0.25) is 0 Å². The van der Waals surface area contributed by atoms with Crippen LogP contribution in [0.15, 0.2) is 30.3 Å². The predicted molar refractivity (Wildman–Crippen MR) is 69.9 cm³/mol. The fourth-order valence-corrected chi connectivity index (χ4v) is 1.71. The Balaban J connectivity index is 2.01. The Morgan fingerprint density at radius 3 is 2.37 bits per heavy atom. The van der Waals surface area contributed by atoms with E-state index in [1.807, 2.05) is 30.3 Å². The van der Waals surface area contributed by atoms with Crippen molar-refractivity contribution in [3.8, 4) is 0 Å². The minimum atomic E-state index is -1.06. The SMILES string of the molecule is [O]C(=O)CCCCOC(=O)CCCc1ccccc1. The molecule has 0 aliphatic heterocycles. The van der Waals surface area contributed by atoms with Gasteiger partial charge in [0.1, 0.15) is 0 Å². The van der Waals surface area contributed by atoms with Crippen LogP contribution in [0.3, 0.4) is 0 Å². The van der Waals surface area contributed by atoms with E-state index < -0.39 is 5.97 Å². The van der Waals surface area contributed by atoms with Gasteiger partial charge in [-0.3, -0.25) is 4.79 Å². The number of hydrogen-bond donors (Lipinski definition) is 0. The molecule has 0 aliphatic rings. The molecule has 1 aromatic carbocycles. The molecular formula is C15H19O4. The molecule has 0 unspecified atom stereocenters. The molecule has 0 spiro atoms. The lowest BCUT2D eigenvalue weighted by Crippen LogP contribution is -2.06. The van der Waals surface area contributed by atoms with Gasteiger partial charge in [-0.25, -0.2) is 9.90 Å². The topological polar surface area (TPSA) is 63.3 Å². The van der Waals surface area contributed by atoms with Crippen LogP contribution in [0, 0.1) is 0 Å². The maximum atomic E-state index is 11.4. The molecule has 0 N–H and O–H groups in total. The van der Waals surface area contributed by atoms with Crippen LogP contribution in [-0.4, -0.2) is 18.5 Å². The maximum absolute atomic E-state index is 11.4. The number of unbranched alkanes of at least 4 members (excludes halogenated alkanes) is 1. The zero-order valence-electron chi connectivity index (χ0n) is 11.0. The highest BCUT2D eigenvalue weighted by molar-refractivity contribution is 5.69. The largest absolute Gasteiger partial charge is 0.466 e. The summed E-state index contributed by atoms with van der Waals surface area (Å²) in [5.41, 5.74) is 1.21. The van der Waals surface area contributed by atoms with Crippen molar-refractivity contribution >= 4 is 11.9 Å². The summed E-state index contributed by atoms with van der Waals surface area (Å²) in [7, 11) is 0. The molecule has 1 rings (SSSR count). The van der Waals surface area contributed by atoms with Gasteiger partial charge in [-0.1, -0.05) is 30.3 Å². The lowest BCUT2D eigenvalue weighted by atomic mass is 10.1. The quantitative estimate of drug-likeness (QED) is 0.508. The van der Waals surface area contributed by atoms with E-state index in [0.29, 0.717) is 19.3 Å². The van der Waals surface area contributed by atoms with Gasteiger partial charge in [-0.2, -0.15) is 0 Å². The molecule has 0 saturated heterocycles. The zero-order valence-corrected chi connectivity index (χ0v) is 11.0. The third-order valence-corrected chi connectivity index (χ3v) is 2.73. The van der Waals surface area contributed by atoms with E-state index in [-0.39, 0.29) is 19.0 Å². The summed E-state index contributed by atoms with van der Waals surface area (Å²) >= 11 is 0. The van der Waals surface area contributed by atoms with Crippen LogP contribution >= 0.6 is 0 Å². The van der Waals surface area contributed by atoms with Crippen LogP contribution < -0.4 is 0 Å². The van der Waals surface area contributed by atoms with E-state index in [1.165, 1.54) is 5.56 Å². The van der Waals surface area contributed by atoms with E-state index in [0.717, 1.165) is 12.8 Å². The first-order valence-corrected chi connectivity index (χ1v) is 6.58. The highest BCUT2D eigenvalue weighted by Crippen LogP contribution is 2.05. The Hall–Kier alpha value is -1.84. The molecule has 0 heterocycles.